The van der Waals surface area contributed by atoms with E-state index in [-0.39, 0.29) is 0 Å². The summed E-state index contributed by atoms with van der Waals surface area (Å²) in [5.74, 6) is 1.74. The number of hydrogen-bond donors (Lipinski definition) is 2. The summed E-state index contributed by atoms with van der Waals surface area (Å²) in [6.45, 7) is 1.07. The minimum absolute atomic E-state index is 0.346. The predicted molar refractivity (Wildman–Crippen MR) is 85.0 cm³/mol. The number of imidazole rings is 1. The topological polar surface area (TPSA) is 66.5 Å². The van der Waals surface area contributed by atoms with Crippen molar-refractivity contribution >= 4 is 0 Å². The number of aromatic nitrogens is 4. The molecule has 4 rings (SSSR count). The van der Waals surface area contributed by atoms with E-state index >= 15 is 0 Å². The van der Waals surface area contributed by atoms with Gasteiger partial charge in [0, 0.05) is 23.5 Å². The maximum absolute atomic E-state index is 4.48. The average Bonchev–Trinajstić information content (AvgIpc) is 3.27. The Bertz CT molecular complexity index is 742. The van der Waals surface area contributed by atoms with Crippen molar-refractivity contribution in [2.24, 2.45) is 0 Å². The fourth-order valence-corrected chi connectivity index (χ4v) is 2.78. The van der Waals surface area contributed by atoms with Crippen LogP contribution in [0.3, 0.4) is 0 Å². The molecule has 1 saturated heterocycles. The fraction of sp³-hybridized carbons (Fsp3) is 0.235. The van der Waals surface area contributed by atoms with Gasteiger partial charge in [0.15, 0.2) is 5.82 Å². The van der Waals surface area contributed by atoms with Crippen LogP contribution in [0.15, 0.2) is 48.9 Å². The van der Waals surface area contributed by atoms with E-state index in [2.05, 4.69) is 25.3 Å². The Morgan fingerprint density at radius 2 is 1.73 bits per heavy atom. The van der Waals surface area contributed by atoms with Gasteiger partial charge in [-0.15, -0.1) is 0 Å². The summed E-state index contributed by atoms with van der Waals surface area (Å²) in [6.07, 6.45) is 7.88. The van der Waals surface area contributed by atoms with Gasteiger partial charge in [0.25, 0.3) is 0 Å². The first-order valence-electron chi connectivity index (χ1n) is 7.56. The van der Waals surface area contributed by atoms with Gasteiger partial charge in [-0.3, -0.25) is 0 Å². The lowest BCUT2D eigenvalue weighted by molar-refractivity contribution is 0.613. The Morgan fingerprint density at radius 3 is 2.45 bits per heavy atom. The molecule has 0 amide bonds. The van der Waals surface area contributed by atoms with Gasteiger partial charge in [-0.05, 0) is 19.4 Å². The van der Waals surface area contributed by atoms with E-state index in [0.29, 0.717) is 6.04 Å². The molecular formula is C17H17N5. The van der Waals surface area contributed by atoms with Gasteiger partial charge in [-0.2, -0.15) is 0 Å². The molecule has 3 heterocycles. The molecule has 2 N–H and O–H groups in total. The van der Waals surface area contributed by atoms with E-state index in [1.807, 2.05) is 48.9 Å². The van der Waals surface area contributed by atoms with Crippen molar-refractivity contribution in [3.05, 3.63) is 54.7 Å². The first kappa shape index (κ1) is 13.2. The predicted octanol–water partition coefficient (Wildman–Crippen LogP) is 2.96. The second-order valence-electron chi connectivity index (χ2n) is 5.49. The van der Waals surface area contributed by atoms with Crippen LogP contribution >= 0.6 is 0 Å². The minimum atomic E-state index is 0.346. The Hall–Kier alpha value is -2.53. The van der Waals surface area contributed by atoms with Crippen LogP contribution in [0.4, 0.5) is 0 Å². The lowest BCUT2D eigenvalue weighted by Crippen LogP contribution is -2.14. The molecule has 3 aromatic rings. The number of hydrogen-bond acceptors (Lipinski definition) is 4. The summed E-state index contributed by atoms with van der Waals surface area (Å²) in [5.41, 5.74) is 2.94. The monoisotopic (exact) mass is 291 g/mol. The number of nitrogens with zero attached hydrogens (tertiary/aromatic N) is 3. The zero-order valence-electron chi connectivity index (χ0n) is 12.2. The van der Waals surface area contributed by atoms with Gasteiger partial charge in [0.05, 0.1) is 17.9 Å². The van der Waals surface area contributed by atoms with E-state index in [0.717, 1.165) is 41.4 Å². The second-order valence-corrected chi connectivity index (χ2v) is 5.49. The van der Waals surface area contributed by atoms with Crippen molar-refractivity contribution in [1.82, 2.24) is 25.3 Å². The summed E-state index contributed by atoms with van der Waals surface area (Å²) in [7, 11) is 0. The molecule has 22 heavy (non-hydrogen) atoms. The molecule has 0 radical (unpaired) electrons. The lowest BCUT2D eigenvalue weighted by Gasteiger charge is -2.05. The Kier molecular flexibility index (Phi) is 3.40. The van der Waals surface area contributed by atoms with Gasteiger partial charge in [-0.1, -0.05) is 30.3 Å². The number of H-pyrrole nitrogens is 1. The quantitative estimate of drug-likeness (QED) is 0.778. The number of benzene rings is 1. The van der Waals surface area contributed by atoms with Crippen LogP contribution in [-0.2, 0) is 0 Å². The summed E-state index contributed by atoms with van der Waals surface area (Å²) >= 11 is 0. The van der Waals surface area contributed by atoms with Crippen molar-refractivity contribution in [1.29, 1.82) is 0 Å². The third-order valence-electron chi connectivity index (χ3n) is 3.98. The molecule has 0 spiro atoms. The van der Waals surface area contributed by atoms with Crippen LogP contribution in [0.5, 0.6) is 0 Å². The van der Waals surface area contributed by atoms with Gasteiger partial charge in [0.2, 0.25) is 0 Å². The SMILES string of the molecule is c1ccc(-c2ncc(-c3cnc([C@@H]4CCCN4)[nH]3)cn2)cc1. The van der Waals surface area contributed by atoms with E-state index in [1.165, 1.54) is 6.42 Å². The molecule has 0 aliphatic carbocycles. The third-order valence-corrected chi connectivity index (χ3v) is 3.98. The van der Waals surface area contributed by atoms with Gasteiger partial charge in [0.1, 0.15) is 5.82 Å². The highest BCUT2D eigenvalue weighted by molar-refractivity contribution is 5.60. The maximum Gasteiger partial charge on any atom is 0.159 e. The molecule has 0 saturated carbocycles. The van der Waals surface area contributed by atoms with Crippen molar-refractivity contribution < 1.29 is 0 Å². The molecule has 0 unspecified atom stereocenters. The zero-order chi connectivity index (χ0) is 14.8. The van der Waals surface area contributed by atoms with Crippen LogP contribution in [0.2, 0.25) is 0 Å². The van der Waals surface area contributed by atoms with Gasteiger partial charge in [-0.25, -0.2) is 15.0 Å². The van der Waals surface area contributed by atoms with Crippen molar-refractivity contribution in [2.45, 2.75) is 18.9 Å². The number of nitrogens with one attached hydrogen (secondary N) is 2. The molecule has 1 aromatic carbocycles. The largest absolute Gasteiger partial charge is 0.341 e. The van der Waals surface area contributed by atoms with Crippen molar-refractivity contribution in [2.75, 3.05) is 6.54 Å². The summed E-state index contributed by atoms with van der Waals surface area (Å²) in [4.78, 5) is 16.8. The minimum Gasteiger partial charge on any atom is -0.341 e. The maximum atomic E-state index is 4.48. The number of aromatic amines is 1. The first-order chi connectivity index (χ1) is 10.9. The van der Waals surface area contributed by atoms with E-state index in [4.69, 9.17) is 0 Å². The van der Waals surface area contributed by atoms with Crippen LogP contribution < -0.4 is 5.32 Å². The van der Waals surface area contributed by atoms with E-state index < -0.39 is 0 Å². The van der Waals surface area contributed by atoms with Crippen LogP contribution in [0.1, 0.15) is 24.7 Å². The summed E-state index contributed by atoms with van der Waals surface area (Å²) in [6, 6.07) is 10.3. The molecule has 2 aromatic heterocycles. The van der Waals surface area contributed by atoms with Crippen LogP contribution in [-0.4, -0.2) is 26.5 Å². The highest BCUT2D eigenvalue weighted by Crippen LogP contribution is 2.24. The Labute approximate surface area is 128 Å². The summed E-state index contributed by atoms with van der Waals surface area (Å²) < 4.78 is 0. The Morgan fingerprint density at radius 1 is 0.909 bits per heavy atom. The molecular weight excluding hydrogens is 274 g/mol. The van der Waals surface area contributed by atoms with E-state index in [1.54, 1.807) is 0 Å². The summed E-state index contributed by atoms with van der Waals surface area (Å²) in [5, 5.41) is 3.44. The molecule has 1 aliphatic rings. The average molecular weight is 291 g/mol. The van der Waals surface area contributed by atoms with Crippen LogP contribution in [0.25, 0.3) is 22.6 Å². The zero-order valence-corrected chi connectivity index (χ0v) is 12.2. The first-order valence-corrected chi connectivity index (χ1v) is 7.56. The molecule has 5 nitrogen and oxygen atoms in total. The Balaban J connectivity index is 1.58. The van der Waals surface area contributed by atoms with E-state index in [9.17, 15) is 0 Å². The van der Waals surface area contributed by atoms with Gasteiger partial charge >= 0.3 is 0 Å². The molecule has 1 fully saturated rings. The fourth-order valence-electron chi connectivity index (χ4n) is 2.78. The van der Waals surface area contributed by atoms with Crippen LogP contribution in [0, 0.1) is 0 Å². The standard InChI is InChI=1S/C17H17N5/c1-2-5-12(6-3-1)16-19-9-13(10-20-16)15-11-21-17(22-15)14-7-4-8-18-14/h1-3,5-6,9-11,14,18H,4,7-8H2,(H,21,22)/t14-/m0/s1. The highest BCUT2D eigenvalue weighted by atomic mass is 15.0. The van der Waals surface area contributed by atoms with Crippen molar-refractivity contribution in [3.63, 3.8) is 0 Å². The third kappa shape index (κ3) is 2.51. The molecule has 1 atom stereocenters. The molecule has 5 heteroatoms. The molecule has 0 bridgehead atoms. The van der Waals surface area contributed by atoms with Gasteiger partial charge < -0.3 is 10.3 Å². The molecule has 1 aliphatic heterocycles. The second kappa shape index (κ2) is 5.69. The lowest BCUT2D eigenvalue weighted by atomic mass is 10.2. The normalized spacial score (nSPS) is 17.7. The smallest absolute Gasteiger partial charge is 0.159 e. The molecule has 110 valence electrons. The van der Waals surface area contributed by atoms with Crippen molar-refractivity contribution in [3.8, 4) is 22.6 Å². The highest BCUT2D eigenvalue weighted by Gasteiger charge is 2.19. The number of rotatable bonds is 3.